The first-order valence-corrected chi connectivity index (χ1v) is 9.49. The van der Waals surface area contributed by atoms with Gasteiger partial charge in [0.15, 0.2) is 0 Å². The highest BCUT2D eigenvalue weighted by Crippen LogP contribution is 2.20. The van der Waals surface area contributed by atoms with Crippen LogP contribution in [0.5, 0.6) is 5.75 Å². The van der Waals surface area contributed by atoms with Gasteiger partial charge in [0.25, 0.3) is 0 Å². The third kappa shape index (κ3) is 4.42. The van der Waals surface area contributed by atoms with E-state index in [-0.39, 0.29) is 18.7 Å². The van der Waals surface area contributed by atoms with Crippen LogP contribution in [-0.2, 0) is 10.0 Å². The van der Waals surface area contributed by atoms with Gasteiger partial charge in [-0.2, -0.15) is 0 Å². The Bertz CT molecular complexity index is 1100. The molecule has 0 heterocycles. The minimum atomic E-state index is -4.20. The first-order chi connectivity index (χ1) is 12.9. The zero-order chi connectivity index (χ0) is 19.4. The van der Waals surface area contributed by atoms with Crippen LogP contribution >= 0.6 is 0 Å². The molecule has 0 saturated heterocycles. The van der Waals surface area contributed by atoms with Crippen LogP contribution in [0.3, 0.4) is 0 Å². The molecule has 0 radical (unpaired) electrons. The predicted octanol–water partition coefficient (Wildman–Crippen LogP) is 3.03. The number of hydrogen-bond acceptors (Lipinski definition) is 4. The summed E-state index contributed by atoms with van der Waals surface area (Å²) in [7, 11) is -4.20. The van der Waals surface area contributed by atoms with E-state index in [0.717, 1.165) is 29.0 Å². The molecule has 0 fully saturated rings. The van der Waals surface area contributed by atoms with Crippen LogP contribution in [0, 0.1) is 5.82 Å². The molecule has 0 saturated carbocycles. The molecule has 0 atom stereocenters. The lowest BCUT2D eigenvalue weighted by atomic mass is 10.1. The van der Waals surface area contributed by atoms with Crippen molar-refractivity contribution in [2.45, 2.75) is 4.90 Å². The zero-order valence-corrected chi connectivity index (χ0v) is 14.9. The van der Waals surface area contributed by atoms with Crippen LogP contribution in [0.1, 0.15) is 10.4 Å². The monoisotopic (exact) mass is 389 g/mol. The van der Waals surface area contributed by atoms with Crippen molar-refractivity contribution in [1.29, 1.82) is 0 Å². The summed E-state index contributed by atoms with van der Waals surface area (Å²) in [5.74, 6) is -1.79. The third-order valence-electron chi connectivity index (χ3n) is 3.85. The second kappa shape index (κ2) is 7.73. The first kappa shape index (κ1) is 18.8. The molecule has 0 aromatic heterocycles. The second-order valence-corrected chi connectivity index (χ2v) is 7.44. The van der Waals surface area contributed by atoms with Gasteiger partial charge in [-0.3, -0.25) is 0 Å². The van der Waals surface area contributed by atoms with Gasteiger partial charge in [0.1, 0.15) is 23.1 Å². The van der Waals surface area contributed by atoms with Gasteiger partial charge in [0.05, 0.1) is 5.56 Å². The first-order valence-electron chi connectivity index (χ1n) is 8.01. The van der Waals surface area contributed by atoms with Gasteiger partial charge < -0.3 is 9.84 Å². The summed E-state index contributed by atoms with van der Waals surface area (Å²) in [6, 6.07) is 15.8. The van der Waals surface area contributed by atoms with Crippen molar-refractivity contribution in [2.75, 3.05) is 13.2 Å². The molecule has 6 nitrogen and oxygen atoms in total. The third-order valence-corrected chi connectivity index (χ3v) is 5.33. The Kier molecular flexibility index (Phi) is 5.38. The molecule has 8 heteroatoms. The van der Waals surface area contributed by atoms with Crippen LogP contribution in [0.4, 0.5) is 4.39 Å². The molecule has 140 valence electrons. The normalized spacial score (nSPS) is 11.4. The second-order valence-electron chi connectivity index (χ2n) is 5.71. The maximum absolute atomic E-state index is 13.8. The standard InChI is InChI=1S/C19H16FNO5S/c20-17-8-6-15(19(22)23)12-18(17)27(24,25)21-9-10-26-16-7-5-13-3-1-2-4-14(13)11-16/h1-8,11-12,21H,9-10H2,(H,22,23). The van der Waals surface area contributed by atoms with E-state index in [1.807, 2.05) is 36.4 Å². The number of fused-ring (bicyclic) bond motifs is 1. The Morgan fingerprint density at radius 3 is 2.52 bits per heavy atom. The fourth-order valence-corrected chi connectivity index (χ4v) is 3.64. The number of halogens is 1. The number of ether oxygens (including phenoxy) is 1. The van der Waals surface area contributed by atoms with E-state index in [9.17, 15) is 17.6 Å². The minimum absolute atomic E-state index is 0.0256. The van der Waals surface area contributed by atoms with Crippen LogP contribution in [0.15, 0.2) is 65.6 Å². The van der Waals surface area contributed by atoms with Crippen molar-refractivity contribution in [3.05, 3.63) is 72.0 Å². The van der Waals surface area contributed by atoms with Gasteiger partial charge >= 0.3 is 5.97 Å². The topological polar surface area (TPSA) is 92.7 Å². The maximum Gasteiger partial charge on any atom is 0.335 e. The highest BCUT2D eigenvalue weighted by molar-refractivity contribution is 7.89. The lowest BCUT2D eigenvalue weighted by molar-refractivity contribution is 0.0696. The summed E-state index contributed by atoms with van der Waals surface area (Å²) in [6.45, 7) is -0.0797. The summed E-state index contributed by atoms with van der Waals surface area (Å²) in [6.07, 6.45) is 0. The quantitative estimate of drug-likeness (QED) is 0.606. The minimum Gasteiger partial charge on any atom is -0.492 e. The number of benzene rings is 3. The maximum atomic E-state index is 13.8. The van der Waals surface area contributed by atoms with Crippen LogP contribution in [-0.4, -0.2) is 32.6 Å². The zero-order valence-electron chi connectivity index (χ0n) is 14.1. The van der Waals surface area contributed by atoms with Crippen molar-refractivity contribution in [3.63, 3.8) is 0 Å². The largest absolute Gasteiger partial charge is 0.492 e. The molecule has 0 amide bonds. The number of carboxylic acids is 1. The summed E-state index contributed by atoms with van der Waals surface area (Å²) >= 11 is 0. The summed E-state index contributed by atoms with van der Waals surface area (Å²) in [5.41, 5.74) is -0.316. The molecule has 3 aromatic carbocycles. The van der Waals surface area contributed by atoms with E-state index in [2.05, 4.69) is 4.72 Å². The lowest BCUT2D eigenvalue weighted by Crippen LogP contribution is -2.29. The highest BCUT2D eigenvalue weighted by Gasteiger charge is 2.20. The fourth-order valence-electron chi connectivity index (χ4n) is 2.52. The van der Waals surface area contributed by atoms with E-state index >= 15 is 0 Å². The van der Waals surface area contributed by atoms with E-state index in [0.29, 0.717) is 5.75 Å². The summed E-state index contributed by atoms with van der Waals surface area (Å²) in [4.78, 5) is 10.2. The van der Waals surface area contributed by atoms with Crippen LogP contribution in [0.25, 0.3) is 10.8 Å². The molecule has 0 bridgehead atoms. The van der Waals surface area contributed by atoms with Crippen LogP contribution in [0.2, 0.25) is 0 Å². The number of carboxylic acid groups (broad SMARTS) is 1. The number of carbonyl (C=O) groups is 1. The Labute approximate surface area is 155 Å². The van der Waals surface area contributed by atoms with Crippen molar-refractivity contribution < 1.29 is 27.4 Å². The molecule has 0 aliphatic carbocycles. The molecule has 3 aromatic rings. The average Bonchev–Trinajstić information content (AvgIpc) is 2.65. The van der Waals surface area contributed by atoms with Gasteiger partial charge in [-0.1, -0.05) is 30.3 Å². The van der Waals surface area contributed by atoms with Crippen molar-refractivity contribution in [2.24, 2.45) is 0 Å². The lowest BCUT2D eigenvalue weighted by Gasteiger charge is -2.10. The fraction of sp³-hybridized carbons (Fsp3) is 0.105. The van der Waals surface area contributed by atoms with Gasteiger partial charge in [0.2, 0.25) is 10.0 Å². The Morgan fingerprint density at radius 1 is 1.04 bits per heavy atom. The van der Waals surface area contributed by atoms with E-state index in [4.69, 9.17) is 9.84 Å². The predicted molar refractivity (Wildman–Crippen MR) is 98.0 cm³/mol. The number of rotatable bonds is 7. The highest BCUT2D eigenvalue weighted by atomic mass is 32.2. The molecule has 0 aliphatic rings. The molecule has 2 N–H and O–H groups in total. The summed E-state index contributed by atoms with van der Waals surface area (Å²) < 4.78 is 46.0. The molecule has 27 heavy (non-hydrogen) atoms. The Hall–Kier alpha value is -2.97. The van der Waals surface area contributed by atoms with E-state index < -0.39 is 26.7 Å². The van der Waals surface area contributed by atoms with Gasteiger partial charge in [0, 0.05) is 6.54 Å². The average molecular weight is 389 g/mol. The van der Waals surface area contributed by atoms with Crippen molar-refractivity contribution >= 4 is 26.8 Å². The Morgan fingerprint density at radius 2 is 1.78 bits per heavy atom. The number of sulfonamides is 1. The molecular weight excluding hydrogens is 373 g/mol. The molecular formula is C19H16FNO5S. The van der Waals surface area contributed by atoms with Crippen LogP contribution < -0.4 is 9.46 Å². The smallest absolute Gasteiger partial charge is 0.335 e. The molecule has 0 aliphatic heterocycles. The summed E-state index contributed by atoms with van der Waals surface area (Å²) in [5, 5.41) is 11.0. The van der Waals surface area contributed by atoms with Crippen molar-refractivity contribution in [1.82, 2.24) is 4.72 Å². The van der Waals surface area contributed by atoms with Gasteiger partial charge in [-0.25, -0.2) is 22.3 Å². The molecule has 0 unspecified atom stereocenters. The molecule has 0 spiro atoms. The number of nitrogens with one attached hydrogen (secondary N) is 1. The number of hydrogen-bond donors (Lipinski definition) is 2. The Balaban J connectivity index is 1.63. The SMILES string of the molecule is O=C(O)c1ccc(F)c(S(=O)(=O)NCCOc2ccc3ccccc3c2)c1. The van der Waals surface area contributed by atoms with E-state index in [1.165, 1.54) is 0 Å². The van der Waals surface area contributed by atoms with Crippen molar-refractivity contribution in [3.8, 4) is 5.75 Å². The number of aromatic carboxylic acids is 1. The van der Waals surface area contributed by atoms with E-state index in [1.54, 1.807) is 6.07 Å². The van der Waals surface area contributed by atoms with Gasteiger partial charge in [-0.05, 0) is 41.1 Å². The van der Waals surface area contributed by atoms with Gasteiger partial charge in [-0.15, -0.1) is 0 Å². The molecule has 3 rings (SSSR count).